The molecule has 4 heteroatoms. The van der Waals surface area contributed by atoms with E-state index in [1.54, 1.807) is 20.2 Å². The first-order valence-electron chi connectivity index (χ1n) is 7.03. The van der Waals surface area contributed by atoms with Gasteiger partial charge >= 0.3 is 0 Å². The van der Waals surface area contributed by atoms with Gasteiger partial charge in [-0.25, -0.2) is 4.98 Å². The molecular weight excluding hydrogens is 240 g/mol. The molecule has 0 bridgehead atoms. The number of pyridine rings is 1. The van der Waals surface area contributed by atoms with E-state index in [-0.39, 0.29) is 0 Å². The van der Waals surface area contributed by atoms with Crippen molar-refractivity contribution >= 4 is 5.82 Å². The molecule has 0 aliphatic heterocycles. The maximum Gasteiger partial charge on any atom is 0.128 e. The van der Waals surface area contributed by atoms with Crippen LogP contribution in [0.25, 0.3) is 0 Å². The molecule has 0 saturated carbocycles. The summed E-state index contributed by atoms with van der Waals surface area (Å²) in [4.78, 5) is 6.77. The normalized spacial score (nSPS) is 12.7. The molecule has 1 aromatic heterocycles. The predicted octanol–water partition coefficient (Wildman–Crippen LogP) is 2.78. The Balaban J connectivity index is 2.89. The van der Waals surface area contributed by atoms with Crippen LogP contribution in [0, 0.1) is 0 Å². The van der Waals surface area contributed by atoms with Crippen LogP contribution in [0.3, 0.4) is 0 Å². The van der Waals surface area contributed by atoms with Crippen LogP contribution >= 0.6 is 0 Å². The molecule has 19 heavy (non-hydrogen) atoms. The fourth-order valence-corrected chi connectivity index (χ4v) is 2.22. The van der Waals surface area contributed by atoms with Gasteiger partial charge in [-0.2, -0.15) is 0 Å². The molecule has 1 aromatic rings. The molecule has 1 heterocycles. The summed E-state index contributed by atoms with van der Waals surface area (Å²) in [5, 5.41) is 9.52. The summed E-state index contributed by atoms with van der Waals surface area (Å²) in [6, 6.07) is 4.39. The van der Waals surface area contributed by atoms with Gasteiger partial charge in [-0.05, 0) is 31.4 Å². The minimum absolute atomic E-state index is 0.470. The maximum atomic E-state index is 9.52. The molecule has 0 aliphatic carbocycles. The Morgan fingerprint density at radius 3 is 2.42 bits per heavy atom. The molecule has 0 aromatic carbocycles. The SMILES string of the molecule is CCC(CC)N(CCOC)c1ccc([C@@H](C)O)cn1. The van der Waals surface area contributed by atoms with Crippen molar-refractivity contribution in [2.75, 3.05) is 25.2 Å². The second-order valence-electron chi connectivity index (χ2n) is 4.78. The van der Waals surface area contributed by atoms with E-state index in [4.69, 9.17) is 4.74 Å². The highest BCUT2D eigenvalue weighted by molar-refractivity contribution is 5.41. The van der Waals surface area contributed by atoms with E-state index >= 15 is 0 Å². The average molecular weight is 266 g/mol. The minimum Gasteiger partial charge on any atom is -0.389 e. The third-order valence-corrected chi connectivity index (χ3v) is 3.47. The number of methoxy groups -OCH3 is 1. The maximum absolute atomic E-state index is 9.52. The van der Waals surface area contributed by atoms with E-state index in [1.807, 2.05) is 12.1 Å². The quantitative estimate of drug-likeness (QED) is 0.786. The van der Waals surface area contributed by atoms with Crippen molar-refractivity contribution in [1.29, 1.82) is 0 Å². The second-order valence-corrected chi connectivity index (χ2v) is 4.78. The molecule has 1 atom stereocenters. The summed E-state index contributed by atoms with van der Waals surface area (Å²) >= 11 is 0. The van der Waals surface area contributed by atoms with Gasteiger partial charge in [0.05, 0.1) is 12.7 Å². The van der Waals surface area contributed by atoms with Crippen molar-refractivity contribution in [2.24, 2.45) is 0 Å². The molecule has 1 rings (SSSR count). The summed E-state index contributed by atoms with van der Waals surface area (Å²) in [5.74, 6) is 0.954. The lowest BCUT2D eigenvalue weighted by Crippen LogP contribution is -2.37. The van der Waals surface area contributed by atoms with Gasteiger partial charge < -0.3 is 14.7 Å². The summed E-state index contributed by atoms with van der Waals surface area (Å²) in [7, 11) is 1.72. The number of hydrogen-bond acceptors (Lipinski definition) is 4. The number of aliphatic hydroxyl groups excluding tert-OH is 1. The molecule has 108 valence electrons. The highest BCUT2D eigenvalue weighted by Gasteiger charge is 2.16. The molecule has 0 unspecified atom stereocenters. The Hall–Kier alpha value is -1.13. The molecule has 1 N–H and O–H groups in total. The highest BCUT2D eigenvalue weighted by Crippen LogP contribution is 2.20. The second kappa shape index (κ2) is 8.12. The van der Waals surface area contributed by atoms with E-state index in [1.165, 1.54) is 0 Å². The van der Waals surface area contributed by atoms with Crippen LogP contribution in [0.15, 0.2) is 18.3 Å². The fourth-order valence-electron chi connectivity index (χ4n) is 2.22. The lowest BCUT2D eigenvalue weighted by Gasteiger charge is -2.31. The zero-order valence-corrected chi connectivity index (χ0v) is 12.5. The lowest BCUT2D eigenvalue weighted by molar-refractivity contribution is 0.198. The van der Waals surface area contributed by atoms with Gasteiger partial charge in [0.15, 0.2) is 0 Å². The van der Waals surface area contributed by atoms with Crippen molar-refractivity contribution in [3.8, 4) is 0 Å². The molecule has 0 fully saturated rings. The third kappa shape index (κ3) is 4.48. The minimum atomic E-state index is -0.470. The van der Waals surface area contributed by atoms with Gasteiger partial charge in [0, 0.05) is 25.9 Å². The largest absolute Gasteiger partial charge is 0.389 e. The molecule has 0 spiro atoms. The molecule has 0 aliphatic rings. The standard InChI is InChI=1S/C15H26N2O2/c1-5-14(6-2)17(9-10-19-4)15-8-7-13(11-16-15)12(3)18/h7-8,11-12,14,18H,5-6,9-10H2,1-4H3/t12-/m1/s1. The van der Waals surface area contributed by atoms with E-state index in [2.05, 4.69) is 23.7 Å². The number of nitrogens with zero attached hydrogens (tertiary/aromatic N) is 2. The van der Waals surface area contributed by atoms with Crippen LogP contribution in [0.1, 0.15) is 45.3 Å². The Labute approximate surface area is 116 Å². The number of aliphatic hydroxyl groups is 1. The van der Waals surface area contributed by atoms with Gasteiger partial charge in [-0.1, -0.05) is 19.9 Å². The molecule has 0 amide bonds. The fraction of sp³-hybridized carbons (Fsp3) is 0.667. The third-order valence-electron chi connectivity index (χ3n) is 3.47. The van der Waals surface area contributed by atoms with Crippen molar-refractivity contribution < 1.29 is 9.84 Å². The Kier molecular flexibility index (Phi) is 6.81. The zero-order chi connectivity index (χ0) is 14.3. The van der Waals surface area contributed by atoms with Gasteiger partial charge in [0.1, 0.15) is 5.82 Å². The van der Waals surface area contributed by atoms with E-state index < -0.39 is 6.10 Å². The van der Waals surface area contributed by atoms with E-state index in [0.717, 1.165) is 30.8 Å². The van der Waals surface area contributed by atoms with Gasteiger partial charge in [0.25, 0.3) is 0 Å². The summed E-state index contributed by atoms with van der Waals surface area (Å²) < 4.78 is 5.19. The van der Waals surface area contributed by atoms with Crippen molar-refractivity contribution in [2.45, 2.75) is 45.8 Å². The molecule has 4 nitrogen and oxygen atoms in total. The highest BCUT2D eigenvalue weighted by atomic mass is 16.5. The number of hydrogen-bond donors (Lipinski definition) is 1. The van der Waals surface area contributed by atoms with Crippen LogP contribution < -0.4 is 4.90 Å². The smallest absolute Gasteiger partial charge is 0.128 e. The molecular formula is C15H26N2O2. The Morgan fingerprint density at radius 2 is 2.00 bits per heavy atom. The summed E-state index contributed by atoms with van der Waals surface area (Å²) in [6.07, 6.45) is 3.45. The summed E-state index contributed by atoms with van der Waals surface area (Å²) in [6.45, 7) is 7.66. The van der Waals surface area contributed by atoms with E-state index in [0.29, 0.717) is 12.6 Å². The van der Waals surface area contributed by atoms with Gasteiger partial charge in [-0.3, -0.25) is 0 Å². The Morgan fingerprint density at radius 1 is 1.32 bits per heavy atom. The van der Waals surface area contributed by atoms with Crippen molar-refractivity contribution in [1.82, 2.24) is 4.98 Å². The first kappa shape index (κ1) is 15.9. The average Bonchev–Trinajstić information content (AvgIpc) is 2.43. The number of anilines is 1. The number of aromatic nitrogens is 1. The molecule has 0 radical (unpaired) electrons. The van der Waals surface area contributed by atoms with Gasteiger partial charge in [0.2, 0.25) is 0 Å². The molecule has 0 saturated heterocycles. The van der Waals surface area contributed by atoms with Crippen LogP contribution in [0.2, 0.25) is 0 Å². The Bertz CT molecular complexity index is 348. The summed E-state index contributed by atoms with van der Waals surface area (Å²) in [5.41, 5.74) is 0.847. The monoisotopic (exact) mass is 266 g/mol. The van der Waals surface area contributed by atoms with Crippen molar-refractivity contribution in [3.05, 3.63) is 23.9 Å². The van der Waals surface area contributed by atoms with Crippen LogP contribution in [0.5, 0.6) is 0 Å². The first-order chi connectivity index (χ1) is 9.13. The van der Waals surface area contributed by atoms with Crippen LogP contribution in [-0.2, 0) is 4.74 Å². The van der Waals surface area contributed by atoms with Crippen LogP contribution in [0.4, 0.5) is 5.82 Å². The lowest BCUT2D eigenvalue weighted by atomic mass is 10.1. The predicted molar refractivity (Wildman–Crippen MR) is 78.5 cm³/mol. The number of ether oxygens (including phenoxy) is 1. The first-order valence-corrected chi connectivity index (χ1v) is 7.03. The van der Waals surface area contributed by atoms with Gasteiger partial charge in [-0.15, -0.1) is 0 Å². The zero-order valence-electron chi connectivity index (χ0n) is 12.5. The van der Waals surface area contributed by atoms with Crippen LogP contribution in [-0.4, -0.2) is 36.4 Å². The topological polar surface area (TPSA) is 45.6 Å². The number of rotatable bonds is 8. The van der Waals surface area contributed by atoms with E-state index in [9.17, 15) is 5.11 Å². The van der Waals surface area contributed by atoms with Crippen molar-refractivity contribution in [3.63, 3.8) is 0 Å².